The normalized spacial score (nSPS) is 18.2. The van der Waals surface area contributed by atoms with Gasteiger partial charge in [0.2, 0.25) is 0 Å². The first-order valence-corrected chi connectivity index (χ1v) is 6.04. The average molecular weight is 259 g/mol. The van der Waals surface area contributed by atoms with Crippen molar-refractivity contribution in [1.29, 1.82) is 0 Å². The predicted molar refractivity (Wildman–Crippen MR) is 62.1 cm³/mol. The summed E-state index contributed by atoms with van der Waals surface area (Å²) in [5.41, 5.74) is 6.99. The van der Waals surface area contributed by atoms with Crippen LogP contribution in [-0.4, -0.2) is 12.4 Å². The third kappa shape index (κ3) is 3.63. The second-order valence-electron chi connectivity index (χ2n) is 4.75. The van der Waals surface area contributed by atoms with Gasteiger partial charge in [0.05, 0.1) is 0 Å². The molecular weight excluding hydrogens is 243 g/mol. The van der Waals surface area contributed by atoms with Gasteiger partial charge in [-0.1, -0.05) is 18.6 Å². The molecule has 0 aliphatic heterocycles. The number of alkyl halides is 3. The van der Waals surface area contributed by atoms with Crippen molar-refractivity contribution in [3.8, 4) is 5.75 Å². The Bertz CT molecular complexity index is 384. The van der Waals surface area contributed by atoms with Crippen LogP contribution in [0.1, 0.15) is 24.8 Å². The van der Waals surface area contributed by atoms with Crippen molar-refractivity contribution in [3.63, 3.8) is 0 Å². The molecule has 0 heterocycles. The number of rotatable bonds is 4. The molecule has 0 bridgehead atoms. The quantitative estimate of drug-likeness (QED) is 0.900. The van der Waals surface area contributed by atoms with E-state index >= 15 is 0 Å². The lowest BCUT2D eigenvalue weighted by Crippen LogP contribution is -2.36. The minimum absolute atomic E-state index is 0.105. The first kappa shape index (κ1) is 13.2. The molecule has 1 fully saturated rings. The number of halogens is 3. The summed E-state index contributed by atoms with van der Waals surface area (Å²) >= 11 is 0. The molecule has 0 aromatic heterocycles. The molecule has 1 atom stereocenters. The summed E-state index contributed by atoms with van der Waals surface area (Å²) in [7, 11) is 0. The molecule has 5 heteroatoms. The van der Waals surface area contributed by atoms with Crippen LogP contribution in [0.4, 0.5) is 13.2 Å². The van der Waals surface area contributed by atoms with Crippen LogP contribution in [0, 0.1) is 5.92 Å². The number of hydrogen-bond donors (Lipinski definition) is 1. The maximum absolute atomic E-state index is 12.0. The monoisotopic (exact) mass is 259 g/mol. The van der Waals surface area contributed by atoms with Gasteiger partial charge in [-0.05, 0) is 42.9 Å². The number of nitrogens with two attached hydrogens (primary N) is 1. The first-order chi connectivity index (χ1) is 8.44. The summed E-state index contributed by atoms with van der Waals surface area (Å²) in [6.45, 7) is 0. The topological polar surface area (TPSA) is 35.2 Å². The largest absolute Gasteiger partial charge is 0.573 e. The SMILES string of the molecule is NC(Cc1ccc(OC(F)(F)F)cc1)C1CCC1. The molecule has 1 saturated carbocycles. The fourth-order valence-electron chi connectivity index (χ4n) is 2.13. The Hall–Kier alpha value is -1.23. The Morgan fingerprint density at radius 2 is 1.83 bits per heavy atom. The molecule has 2 nitrogen and oxygen atoms in total. The van der Waals surface area contributed by atoms with Gasteiger partial charge in [-0.2, -0.15) is 0 Å². The van der Waals surface area contributed by atoms with Gasteiger partial charge in [0, 0.05) is 6.04 Å². The number of hydrogen-bond acceptors (Lipinski definition) is 2. The molecule has 0 radical (unpaired) electrons. The zero-order chi connectivity index (χ0) is 13.2. The van der Waals surface area contributed by atoms with Crippen LogP contribution in [0.5, 0.6) is 5.75 Å². The average Bonchev–Trinajstić information content (AvgIpc) is 2.16. The molecule has 2 rings (SSSR count). The summed E-state index contributed by atoms with van der Waals surface area (Å²) in [5.74, 6) is 0.375. The van der Waals surface area contributed by atoms with Gasteiger partial charge in [-0.15, -0.1) is 13.2 Å². The lowest BCUT2D eigenvalue weighted by Gasteiger charge is -2.31. The first-order valence-electron chi connectivity index (χ1n) is 6.04. The fourth-order valence-corrected chi connectivity index (χ4v) is 2.13. The zero-order valence-electron chi connectivity index (χ0n) is 9.91. The van der Waals surface area contributed by atoms with Crippen LogP contribution in [0.2, 0.25) is 0 Å². The number of benzene rings is 1. The molecule has 1 aromatic rings. The Morgan fingerprint density at radius 1 is 1.22 bits per heavy atom. The van der Waals surface area contributed by atoms with Gasteiger partial charge in [0.25, 0.3) is 0 Å². The molecule has 0 saturated heterocycles. The highest BCUT2D eigenvalue weighted by molar-refractivity contribution is 5.28. The molecule has 100 valence electrons. The zero-order valence-corrected chi connectivity index (χ0v) is 9.91. The van der Waals surface area contributed by atoms with E-state index in [4.69, 9.17) is 5.73 Å². The summed E-state index contributed by atoms with van der Waals surface area (Å²) in [6.07, 6.45) is -0.371. The van der Waals surface area contributed by atoms with Gasteiger partial charge in [-0.3, -0.25) is 0 Å². The summed E-state index contributed by atoms with van der Waals surface area (Å²) in [6, 6.07) is 6.04. The maximum Gasteiger partial charge on any atom is 0.573 e. The Kier molecular flexibility index (Phi) is 3.80. The van der Waals surface area contributed by atoms with Crippen LogP contribution in [0.25, 0.3) is 0 Å². The van der Waals surface area contributed by atoms with E-state index in [1.165, 1.54) is 18.6 Å². The lowest BCUT2D eigenvalue weighted by molar-refractivity contribution is -0.274. The van der Waals surface area contributed by atoms with Crippen molar-refractivity contribution in [1.82, 2.24) is 0 Å². The van der Waals surface area contributed by atoms with E-state index in [1.807, 2.05) is 0 Å². The molecule has 0 amide bonds. The fraction of sp³-hybridized carbons (Fsp3) is 0.538. The van der Waals surface area contributed by atoms with Gasteiger partial charge in [0.15, 0.2) is 0 Å². The highest BCUT2D eigenvalue weighted by atomic mass is 19.4. The molecule has 18 heavy (non-hydrogen) atoms. The molecule has 2 N–H and O–H groups in total. The Balaban J connectivity index is 1.90. The molecule has 1 aliphatic rings. The Morgan fingerprint density at radius 3 is 2.28 bits per heavy atom. The predicted octanol–water partition coefficient (Wildman–Crippen LogP) is 3.26. The van der Waals surface area contributed by atoms with Gasteiger partial charge in [-0.25, -0.2) is 0 Å². The van der Waals surface area contributed by atoms with Gasteiger partial charge < -0.3 is 10.5 Å². The van der Waals surface area contributed by atoms with E-state index in [9.17, 15) is 13.2 Å². The second-order valence-corrected chi connectivity index (χ2v) is 4.75. The molecular formula is C13H16F3NO. The second kappa shape index (κ2) is 5.18. The smallest absolute Gasteiger partial charge is 0.406 e. The van der Waals surface area contributed by atoms with Crippen LogP contribution < -0.4 is 10.5 Å². The van der Waals surface area contributed by atoms with Crippen molar-refractivity contribution in [3.05, 3.63) is 29.8 Å². The van der Waals surface area contributed by atoms with E-state index < -0.39 is 6.36 Å². The molecule has 1 unspecified atom stereocenters. The van der Waals surface area contributed by atoms with Crippen LogP contribution in [0.3, 0.4) is 0 Å². The summed E-state index contributed by atoms with van der Waals surface area (Å²) < 4.78 is 39.7. The van der Waals surface area contributed by atoms with Crippen molar-refractivity contribution < 1.29 is 17.9 Å². The van der Waals surface area contributed by atoms with Crippen molar-refractivity contribution in [2.75, 3.05) is 0 Å². The third-order valence-corrected chi connectivity index (χ3v) is 3.38. The molecule has 0 spiro atoms. The van der Waals surface area contributed by atoms with E-state index in [0.717, 1.165) is 18.4 Å². The standard InChI is InChI=1S/C13H16F3NO/c14-13(15,16)18-11-6-4-9(5-7-11)8-12(17)10-2-1-3-10/h4-7,10,12H,1-3,8,17H2. The molecule has 1 aliphatic carbocycles. The maximum atomic E-state index is 12.0. The minimum Gasteiger partial charge on any atom is -0.406 e. The highest BCUT2D eigenvalue weighted by Crippen LogP contribution is 2.30. The Labute approximate surface area is 104 Å². The van der Waals surface area contributed by atoms with Crippen LogP contribution in [-0.2, 0) is 6.42 Å². The molecule has 1 aromatic carbocycles. The summed E-state index contributed by atoms with van der Waals surface area (Å²) in [5, 5.41) is 0. The summed E-state index contributed by atoms with van der Waals surface area (Å²) in [4.78, 5) is 0. The lowest BCUT2D eigenvalue weighted by atomic mass is 9.78. The van der Waals surface area contributed by atoms with Gasteiger partial charge in [0.1, 0.15) is 5.75 Å². The van der Waals surface area contributed by atoms with Crippen molar-refractivity contribution >= 4 is 0 Å². The van der Waals surface area contributed by atoms with E-state index in [-0.39, 0.29) is 11.8 Å². The van der Waals surface area contributed by atoms with Crippen molar-refractivity contribution in [2.24, 2.45) is 11.7 Å². The third-order valence-electron chi connectivity index (χ3n) is 3.38. The highest BCUT2D eigenvalue weighted by Gasteiger charge is 2.31. The van der Waals surface area contributed by atoms with Crippen LogP contribution in [0.15, 0.2) is 24.3 Å². The van der Waals surface area contributed by atoms with Crippen molar-refractivity contribution in [2.45, 2.75) is 38.1 Å². The van der Waals surface area contributed by atoms with Gasteiger partial charge >= 0.3 is 6.36 Å². The van der Waals surface area contributed by atoms with E-state index in [1.54, 1.807) is 12.1 Å². The van der Waals surface area contributed by atoms with Crippen LogP contribution >= 0.6 is 0 Å². The minimum atomic E-state index is -4.64. The van der Waals surface area contributed by atoms with E-state index in [2.05, 4.69) is 4.74 Å². The number of ether oxygens (including phenoxy) is 1. The van der Waals surface area contributed by atoms with E-state index in [0.29, 0.717) is 12.3 Å².